The number of amides is 1. The summed E-state index contributed by atoms with van der Waals surface area (Å²) in [6.45, 7) is 2.62. The average molecular weight is 442 g/mol. The van der Waals surface area contributed by atoms with E-state index in [4.69, 9.17) is 14.5 Å². The third-order valence-electron chi connectivity index (χ3n) is 6.35. The molecule has 6 nitrogen and oxygen atoms in total. The van der Waals surface area contributed by atoms with E-state index in [0.717, 1.165) is 34.6 Å². The predicted octanol–water partition coefficient (Wildman–Crippen LogP) is 4.61. The van der Waals surface area contributed by atoms with Gasteiger partial charge in [0.15, 0.2) is 11.5 Å². The summed E-state index contributed by atoms with van der Waals surface area (Å²) in [5.41, 5.74) is 6.12. The molecule has 1 aliphatic rings. The van der Waals surface area contributed by atoms with Crippen LogP contribution in [0.5, 0.6) is 11.5 Å². The van der Waals surface area contributed by atoms with Crippen molar-refractivity contribution in [2.24, 2.45) is 0 Å². The largest absolute Gasteiger partial charge is 0.493 e. The van der Waals surface area contributed by atoms with Gasteiger partial charge in [-0.05, 0) is 54.8 Å². The molecular formula is C27H27N3O3. The van der Waals surface area contributed by atoms with Crippen molar-refractivity contribution in [1.82, 2.24) is 14.9 Å². The maximum atomic E-state index is 13.6. The summed E-state index contributed by atoms with van der Waals surface area (Å²) in [7, 11) is 3.21. The highest BCUT2D eigenvalue weighted by atomic mass is 16.5. The molecule has 1 N–H and O–H groups in total. The van der Waals surface area contributed by atoms with E-state index >= 15 is 0 Å². The Kier molecular flexibility index (Phi) is 5.50. The first kappa shape index (κ1) is 21.1. The van der Waals surface area contributed by atoms with Gasteiger partial charge in [-0.15, -0.1) is 0 Å². The minimum atomic E-state index is -0.256. The van der Waals surface area contributed by atoms with Crippen LogP contribution < -0.4 is 9.47 Å². The van der Waals surface area contributed by atoms with E-state index in [1.807, 2.05) is 54.3 Å². The van der Waals surface area contributed by atoms with E-state index in [1.54, 1.807) is 14.2 Å². The number of carbonyl (C=O) groups is 1. The third kappa shape index (κ3) is 3.82. The Labute approximate surface area is 193 Å². The van der Waals surface area contributed by atoms with Gasteiger partial charge >= 0.3 is 0 Å². The zero-order valence-electron chi connectivity index (χ0n) is 19.1. The van der Waals surface area contributed by atoms with Crippen LogP contribution in [-0.4, -0.2) is 41.5 Å². The number of ether oxygens (including phenoxy) is 2. The fourth-order valence-electron chi connectivity index (χ4n) is 4.80. The van der Waals surface area contributed by atoms with Crippen LogP contribution in [0.4, 0.5) is 0 Å². The maximum Gasteiger partial charge on any atom is 0.227 e. The van der Waals surface area contributed by atoms with E-state index in [0.29, 0.717) is 18.0 Å². The number of aromatic amines is 1. The van der Waals surface area contributed by atoms with Gasteiger partial charge < -0.3 is 19.4 Å². The first-order chi connectivity index (χ1) is 16.1. The summed E-state index contributed by atoms with van der Waals surface area (Å²) in [5.74, 6) is 1.33. The van der Waals surface area contributed by atoms with E-state index in [2.05, 4.69) is 23.2 Å². The van der Waals surface area contributed by atoms with Crippen LogP contribution in [0.2, 0.25) is 0 Å². The Morgan fingerprint density at radius 2 is 1.88 bits per heavy atom. The molecule has 168 valence electrons. The smallest absolute Gasteiger partial charge is 0.227 e. The maximum absolute atomic E-state index is 13.6. The Balaban J connectivity index is 1.54. The van der Waals surface area contributed by atoms with E-state index in [-0.39, 0.29) is 18.4 Å². The van der Waals surface area contributed by atoms with Crippen molar-refractivity contribution in [3.63, 3.8) is 0 Å². The number of methoxy groups -OCH3 is 2. The van der Waals surface area contributed by atoms with Crippen molar-refractivity contribution >= 4 is 16.8 Å². The second kappa shape index (κ2) is 8.62. The number of nitrogens with one attached hydrogen (secondary N) is 1. The highest BCUT2D eigenvalue weighted by molar-refractivity contribution is 5.87. The van der Waals surface area contributed by atoms with Crippen LogP contribution in [-0.2, 0) is 17.6 Å². The molecule has 0 saturated carbocycles. The van der Waals surface area contributed by atoms with Gasteiger partial charge in [0.05, 0.1) is 26.3 Å². The van der Waals surface area contributed by atoms with Crippen LogP contribution in [0.1, 0.15) is 34.3 Å². The number of rotatable bonds is 5. The number of aryl methyl sites for hydroxylation is 1. The third-order valence-corrected chi connectivity index (χ3v) is 6.35. The number of H-pyrrole nitrogens is 1. The molecule has 0 bridgehead atoms. The Morgan fingerprint density at radius 1 is 1.06 bits per heavy atom. The van der Waals surface area contributed by atoms with E-state index in [9.17, 15) is 4.79 Å². The fourth-order valence-corrected chi connectivity index (χ4v) is 4.80. The second-order valence-corrected chi connectivity index (χ2v) is 8.37. The fraction of sp³-hybridized carbons (Fsp3) is 0.259. The predicted molar refractivity (Wildman–Crippen MR) is 128 cm³/mol. The summed E-state index contributed by atoms with van der Waals surface area (Å²) in [6.07, 6.45) is 1.08. The molecule has 0 aliphatic carbocycles. The van der Waals surface area contributed by atoms with Crippen LogP contribution in [0.3, 0.4) is 0 Å². The molecule has 1 unspecified atom stereocenters. The topological polar surface area (TPSA) is 67.5 Å². The molecule has 4 aromatic rings. The van der Waals surface area contributed by atoms with Crippen molar-refractivity contribution in [1.29, 1.82) is 0 Å². The zero-order valence-corrected chi connectivity index (χ0v) is 19.1. The molecule has 1 amide bonds. The molecule has 2 aromatic carbocycles. The second-order valence-electron chi connectivity index (χ2n) is 8.37. The van der Waals surface area contributed by atoms with Gasteiger partial charge in [0.2, 0.25) is 5.91 Å². The minimum Gasteiger partial charge on any atom is -0.493 e. The summed E-state index contributed by atoms with van der Waals surface area (Å²) in [5, 5.41) is 1.22. The molecule has 1 aliphatic heterocycles. The molecule has 5 rings (SSSR count). The first-order valence-electron chi connectivity index (χ1n) is 11.1. The molecule has 33 heavy (non-hydrogen) atoms. The number of hydrogen-bond donors (Lipinski definition) is 1. The number of pyridine rings is 1. The van der Waals surface area contributed by atoms with Crippen LogP contribution in [0, 0.1) is 6.92 Å². The standard InChI is InChI=1S/C27H27N3O3/c1-17-7-6-10-22(28-17)27-26-20(19-8-4-5-9-21(19)29-26)13-14-30(27)25(31)16-18-11-12-23(32-2)24(15-18)33-3/h4-12,15,27,29H,13-14,16H2,1-3H3. The van der Waals surface area contributed by atoms with Crippen molar-refractivity contribution < 1.29 is 14.3 Å². The lowest BCUT2D eigenvalue weighted by atomic mass is 9.94. The normalized spacial score (nSPS) is 15.4. The van der Waals surface area contributed by atoms with Gasteiger partial charge in [0.25, 0.3) is 0 Å². The molecule has 1 atom stereocenters. The molecule has 6 heteroatoms. The van der Waals surface area contributed by atoms with Gasteiger partial charge in [-0.25, -0.2) is 0 Å². The van der Waals surface area contributed by atoms with Gasteiger partial charge in [-0.2, -0.15) is 0 Å². The summed E-state index contributed by atoms with van der Waals surface area (Å²) in [4.78, 5) is 24.0. The van der Waals surface area contributed by atoms with Gasteiger partial charge in [-0.3, -0.25) is 9.78 Å². The molecule has 0 spiro atoms. The minimum absolute atomic E-state index is 0.0554. The van der Waals surface area contributed by atoms with Gasteiger partial charge in [0, 0.05) is 28.8 Å². The zero-order chi connectivity index (χ0) is 22.9. The summed E-state index contributed by atoms with van der Waals surface area (Å²) < 4.78 is 10.8. The molecular weight excluding hydrogens is 414 g/mol. The summed E-state index contributed by atoms with van der Waals surface area (Å²) >= 11 is 0. The van der Waals surface area contributed by atoms with E-state index in [1.165, 1.54) is 10.9 Å². The lowest BCUT2D eigenvalue weighted by molar-refractivity contribution is -0.132. The molecule has 0 radical (unpaired) electrons. The van der Waals surface area contributed by atoms with Crippen molar-refractivity contribution in [2.45, 2.75) is 25.8 Å². The number of para-hydroxylation sites is 1. The SMILES string of the molecule is COc1ccc(CC(=O)N2CCc3c([nH]c4ccccc34)C2c2cccc(C)n2)cc1OC. The molecule has 3 heterocycles. The molecule has 2 aromatic heterocycles. The van der Waals surface area contributed by atoms with Crippen LogP contribution in [0.25, 0.3) is 10.9 Å². The summed E-state index contributed by atoms with van der Waals surface area (Å²) in [6, 6.07) is 19.7. The lowest BCUT2D eigenvalue weighted by Crippen LogP contribution is -2.41. The molecule has 0 saturated heterocycles. The number of nitrogens with zero attached hydrogens (tertiary/aromatic N) is 2. The van der Waals surface area contributed by atoms with Crippen molar-refractivity contribution in [2.75, 3.05) is 20.8 Å². The highest BCUT2D eigenvalue weighted by Crippen LogP contribution is 2.38. The molecule has 0 fully saturated rings. The van der Waals surface area contributed by atoms with Crippen LogP contribution in [0.15, 0.2) is 60.7 Å². The van der Waals surface area contributed by atoms with Crippen LogP contribution >= 0.6 is 0 Å². The van der Waals surface area contributed by atoms with Crippen molar-refractivity contribution in [3.8, 4) is 11.5 Å². The number of fused-ring (bicyclic) bond motifs is 3. The van der Waals surface area contributed by atoms with E-state index < -0.39 is 0 Å². The quantitative estimate of drug-likeness (QED) is 0.491. The number of hydrogen-bond acceptors (Lipinski definition) is 4. The van der Waals surface area contributed by atoms with Gasteiger partial charge in [0.1, 0.15) is 6.04 Å². The number of benzene rings is 2. The highest BCUT2D eigenvalue weighted by Gasteiger charge is 2.35. The lowest BCUT2D eigenvalue weighted by Gasteiger charge is -2.36. The monoisotopic (exact) mass is 441 g/mol. The Hall–Kier alpha value is -3.80. The van der Waals surface area contributed by atoms with Gasteiger partial charge in [-0.1, -0.05) is 30.3 Å². The Bertz CT molecular complexity index is 1330. The first-order valence-corrected chi connectivity index (χ1v) is 11.1. The number of carbonyl (C=O) groups excluding carboxylic acids is 1. The number of aromatic nitrogens is 2. The Morgan fingerprint density at radius 3 is 2.67 bits per heavy atom. The van der Waals surface area contributed by atoms with Crippen molar-refractivity contribution in [3.05, 3.63) is 88.9 Å². The average Bonchev–Trinajstić information content (AvgIpc) is 3.22.